The second-order valence-corrected chi connectivity index (χ2v) is 6.43. The standard InChI is InChI=1S/C10H12ClN3O5S/c11-8-2-1-7(5-9(8)14(15)16)20(17,18)13-3-4-19-6-10(13)12/h1-2,5,10H,3-4,6,12H2. The number of benzene rings is 1. The average Bonchev–Trinajstić information content (AvgIpc) is 2.38. The average molecular weight is 322 g/mol. The number of sulfonamides is 1. The zero-order chi connectivity index (χ0) is 14.9. The molecule has 0 radical (unpaired) electrons. The van der Waals surface area contributed by atoms with Gasteiger partial charge in [-0.2, -0.15) is 4.31 Å². The van der Waals surface area contributed by atoms with E-state index in [9.17, 15) is 18.5 Å². The van der Waals surface area contributed by atoms with Gasteiger partial charge in [0.05, 0.1) is 29.2 Å². The van der Waals surface area contributed by atoms with Crippen molar-refractivity contribution in [2.75, 3.05) is 19.8 Å². The van der Waals surface area contributed by atoms with Gasteiger partial charge < -0.3 is 10.5 Å². The summed E-state index contributed by atoms with van der Waals surface area (Å²) in [7, 11) is -3.92. The van der Waals surface area contributed by atoms with Crippen LogP contribution in [0, 0.1) is 10.1 Å². The molecule has 0 bridgehead atoms. The maximum atomic E-state index is 12.4. The topological polar surface area (TPSA) is 116 Å². The molecule has 20 heavy (non-hydrogen) atoms. The quantitative estimate of drug-likeness (QED) is 0.642. The van der Waals surface area contributed by atoms with Gasteiger partial charge in [-0.1, -0.05) is 11.6 Å². The molecule has 1 heterocycles. The number of hydrogen-bond acceptors (Lipinski definition) is 6. The summed E-state index contributed by atoms with van der Waals surface area (Å²) in [5.74, 6) is 0. The van der Waals surface area contributed by atoms with E-state index in [1.54, 1.807) is 0 Å². The van der Waals surface area contributed by atoms with E-state index in [4.69, 9.17) is 22.1 Å². The van der Waals surface area contributed by atoms with E-state index in [0.717, 1.165) is 10.4 Å². The zero-order valence-corrected chi connectivity index (χ0v) is 11.8. The molecule has 0 saturated carbocycles. The van der Waals surface area contributed by atoms with E-state index in [0.29, 0.717) is 0 Å². The van der Waals surface area contributed by atoms with Crippen molar-refractivity contribution >= 4 is 27.3 Å². The molecule has 1 aromatic carbocycles. The highest BCUT2D eigenvalue weighted by Gasteiger charge is 2.33. The van der Waals surface area contributed by atoms with Crippen molar-refractivity contribution in [3.05, 3.63) is 33.3 Å². The van der Waals surface area contributed by atoms with Gasteiger partial charge in [0, 0.05) is 12.6 Å². The van der Waals surface area contributed by atoms with Crippen LogP contribution in [-0.2, 0) is 14.8 Å². The molecule has 0 amide bonds. The van der Waals surface area contributed by atoms with E-state index in [-0.39, 0.29) is 29.7 Å². The van der Waals surface area contributed by atoms with Crippen LogP contribution in [0.15, 0.2) is 23.1 Å². The third-order valence-electron chi connectivity index (χ3n) is 2.84. The number of nitro groups is 1. The van der Waals surface area contributed by atoms with E-state index >= 15 is 0 Å². The van der Waals surface area contributed by atoms with Crippen molar-refractivity contribution < 1.29 is 18.1 Å². The molecule has 2 rings (SSSR count). The van der Waals surface area contributed by atoms with Crippen molar-refractivity contribution in [1.29, 1.82) is 0 Å². The minimum absolute atomic E-state index is 0.0783. The third-order valence-corrected chi connectivity index (χ3v) is 5.08. The lowest BCUT2D eigenvalue weighted by molar-refractivity contribution is -0.384. The van der Waals surface area contributed by atoms with Gasteiger partial charge >= 0.3 is 0 Å². The summed E-state index contributed by atoms with van der Waals surface area (Å²) < 4.78 is 30.9. The minimum Gasteiger partial charge on any atom is -0.377 e. The minimum atomic E-state index is -3.92. The summed E-state index contributed by atoms with van der Waals surface area (Å²) in [6.07, 6.45) is -0.816. The molecule has 1 saturated heterocycles. The second kappa shape index (κ2) is 5.62. The molecule has 1 aromatic rings. The molecule has 0 spiro atoms. The normalized spacial score (nSPS) is 20.8. The van der Waals surface area contributed by atoms with Crippen LogP contribution in [0.1, 0.15) is 0 Å². The molecule has 8 nitrogen and oxygen atoms in total. The first-order valence-electron chi connectivity index (χ1n) is 5.63. The first-order chi connectivity index (χ1) is 9.34. The first kappa shape index (κ1) is 15.1. The van der Waals surface area contributed by atoms with Gasteiger partial charge in [-0.15, -0.1) is 0 Å². The lowest BCUT2D eigenvalue weighted by atomic mass is 10.3. The summed E-state index contributed by atoms with van der Waals surface area (Å²) in [5, 5.41) is 10.7. The number of ether oxygens (including phenoxy) is 1. The van der Waals surface area contributed by atoms with Crippen LogP contribution in [0.5, 0.6) is 0 Å². The second-order valence-electron chi connectivity index (χ2n) is 4.13. The van der Waals surface area contributed by atoms with Gasteiger partial charge in [0.15, 0.2) is 0 Å². The lowest BCUT2D eigenvalue weighted by Crippen LogP contribution is -2.53. The first-order valence-corrected chi connectivity index (χ1v) is 7.45. The Bertz CT molecular complexity index is 636. The Morgan fingerprint density at radius 2 is 2.20 bits per heavy atom. The summed E-state index contributed by atoms with van der Waals surface area (Å²) in [6, 6.07) is 3.32. The molecule has 10 heteroatoms. The Balaban J connectivity index is 2.44. The highest BCUT2D eigenvalue weighted by atomic mass is 35.5. The molecule has 1 unspecified atom stereocenters. The Morgan fingerprint density at radius 1 is 1.50 bits per heavy atom. The molecule has 1 aliphatic rings. The van der Waals surface area contributed by atoms with Crippen LogP contribution in [0.2, 0.25) is 5.02 Å². The maximum absolute atomic E-state index is 12.4. The molecular formula is C10H12ClN3O5S. The number of nitrogens with two attached hydrogens (primary N) is 1. The Kier molecular flexibility index (Phi) is 4.25. The van der Waals surface area contributed by atoms with Crippen LogP contribution >= 0.6 is 11.6 Å². The molecule has 0 aromatic heterocycles. The predicted octanol–water partition coefficient (Wildman–Crippen LogP) is 0.554. The van der Waals surface area contributed by atoms with Crippen LogP contribution in [0.25, 0.3) is 0 Å². The fourth-order valence-electron chi connectivity index (χ4n) is 1.83. The summed E-state index contributed by atoms with van der Waals surface area (Å²) in [6.45, 7) is 0.400. The van der Waals surface area contributed by atoms with Crippen molar-refractivity contribution in [3.63, 3.8) is 0 Å². The van der Waals surface area contributed by atoms with Crippen molar-refractivity contribution in [2.45, 2.75) is 11.1 Å². The maximum Gasteiger partial charge on any atom is 0.289 e. The highest BCUT2D eigenvalue weighted by molar-refractivity contribution is 7.89. The molecule has 0 aliphatic carbocycles. The van der Waals surface area contributed by atoms with Gasteiger partial charge in [-0.3, -0.25) is 10.1 Å². The smallest absolute Gasteiger partial charge is 0.289 e. The highest BCUT2D eigenvalue weighted by Crippen LogP contribution is 2.29. The zero-order valence-electron chi connectivity index (χ0n) is 10.2. The van der Waals surface area contributed by atoms with Crippen LogP contribution < -0.4 is 5.73 Å². The summed E-state index contributed by atoms with van der Waals surface area (Å²) in [5.41, 5.74) is 5.23. The lowest BCUT2D eigenvalue weighted by Gasteiger charge is -2.31. The van der Waals surface area contributed by atoms with Crippen molar-refractivity contribution in [3.8, 4) is 0 Å². The van der Waals surface area contributed by atoms with Crippen LogP contribution in [0.3, 0.4) is 0 Å². The van der Waals surface area contributed by atoms with E-state index in [2.05, 4.69) is 0 Å². The molecule has 1 atom stereocenters. The van der Waals surface area contributed by atoms with Crippen molar-refractivity contribution in [2.24, 2.45) is 5.73 Å². The number of nitro benzene ring substituents is 1. The Hall–Kier alpha value is -1.26. The third kappa shape index (κ3) is 2.76. The van der Waals surface area contributed by atoms with E-state index in [1.807, 2.05) is 0 Å². The monoisotopic (exact) mass is 321 g/mol. The van der Waals surface area contributed by atoms with Gasteiger partial charge in [-0.25, -0.2) is 8.42 Å². The van der Waals surface area contributed by atoms with E-state index in [1.165, 1.54) is 12.1 Å². The predicted molar refractivity (Wildman–Crippen MR) is 70.8 cm³/mol. The van der Waals surface area contributed by atoms with Crippen LogP contribution in [0.4, 0.5) is 5.69 Å². The Morgan fingerprint density at radius 3 is 2.80 bits per heavy atom. The Labute approximate surface area is 120 Å². The van der Waals surface area contributed by atoms with Gasteiger partial charge in [-0.05, 0) is 12.1 Å². The SMILES string of the molecule is NC1COCCN1S(=O)(=O)c1ccc(Cl)c([N+](=O)[O-])c1. The fraction of sp³-hybridized carbons (Fsp3) is 0.400. The number of halogens is 1. The fourth-order valence-corrected chi connectivity index (χ4v) is 3.52. The van der Waals surface area contributed by atoms with Crippen molar-refractivity contribution in [1.82, 2.24) is 4.31 Å². The molecule has 110 valence electrons. The van der Waals surface area contributed by atoms with Gasteiger partial charge in [0.25, 0.3) is 5.69 Å². The molecule has 2 N–H and O–H groups in total. The largest absolute Gasteiger partial charge is 0.377 e. The summed E-state index contributed by atoms with van der Waals surface area (Å²) >= 11 is 5.66. The van der Waals surface area contributed by atoms with Gasteiger partial charge in [0.2, 0.25) is 10.0 Å². The summed E-state index contributed by atoms with van der Waals surface area (Å²) in [4.78, 5) is 9.86. The van der Waals surface area contributed by atoms with Crippen LogP contribution in [-0.4, -0.2) is 43.6 Å². The number of nitrogens with zero attached hydrogens (tertiary/aromatic N) is 2. The molecule has 1 fully saturated rings. The number of morpholine rings is 1. The number of rotatable bonds is 3. The molecular weight excluding hydrogens is 310 g/mol. The van der Waals surface area contributed by atoms with Gasteiger partial charge in [0.1, 0.15) is 5.02 Å². The molecule has 1 aliphatic heterocycles. The number of hydrogen-bond donors (Lipinski definition) is 1. The van der Waals surface area contributed by atoms with E-state index < -0.39 is 26.8 Å².